The number of hydrogen-bond acceptors (Lipinski definition) is 3. The first-order valence-corrected chi connectivity index (χ1v) is 13.1. The highest BCUT2D eigenvalue weighted by molar-refractivity contribution is 6.23. The Bertz CT molecular complexity index is 2150. The van der Waals surface area contributed by atoms with Crippen molar-refractivity contribution >= 4 is 43.6 Å². The zero-order valence-electron chi connectivity index (χ0n) is 21.0. The zero-order valence-corrected chi connectivity index (χ0v) is 21.0. The van der Waals surface area contributed by atoms with E-state index >= 15 is 0 Å². The van der Waals surface area contributed by atoms with Crippen LogP contribution in [0.3, 0.4) is 0 Å². The maximum atomic E-state index is 6.47. The smallest absolute Gasteiger partial charge is 0.160 e. The van der Waals surface area contributed by atoms with Gasteiger partial charge >= 0.3 is 0 Å². The molecule has 39 heavy (non-hydrogen) atoms. The van der Waals surface area contributed by atoms with Crippen LogP contribution in [-0.4, -0.2) is 9.97 Å². The van der Waals surface area contributed by atoms with Gasteiger partial charge in [-0.25, -0.2) is 9.97 Å². The molecule has 0 amide bonds. The summed E-state index contributed by atoms with van der Waals surface area (Å²) in [5, 5.41) is 5.36. The Morgan fingerprint density at radius 1 is 0.436 bits per heavy atom. The molecule has 0 bridgehead atoms. The molecule has 182 valence electrons. The van der Waals surface area contributed by atoms with Gasteiger partial charge in [0.1, 0.15) is 11.2 Å². The molecule has 0 aliphatic heterocycles. The van der Waals surface area contributed by atoms with Gasteiger partial charge in [0.25, 0.3) is 0 Å². The lowest BCUT2D eigenvalue weighted by molar-refractivity contribution is 0.673. The van der Waals surface area contributed by atoms with Gasteiger partial charge in [-0.05, 0) is 34.7 Å². The molecule has 3 heteroatoms. The van der Waals surface area contributed by atoms with Gasteiger partial charge in [0.15, 0.2) is 5.82 Å². The van der Waals surface area contributed by atoms with Crippen LogP contribution in [0, 0.1) is 0 Å². The third kappa shape index (κ3) is 3.52. The summed E-state index contributed by atoms with van der Waals surface area (Å²) in [5.41, 5.74) is 7.93. The lowest BCUT2D eigenvalue weighted by atomic mass is 10.0. The highest BCUT2D eigenvalue weighted by Crippen LogP contribution is 2.40. The summed E-state index contributed by atoms with van der Waals surface area (Å²) in [6.07, 6.45) is 0. The van der Waals surface area contributed by atoms with Crippen molar-refractivity contribution in [3.63, 3.8) is 0 Å². The topological polar surface area (TPSA) is 38.9 Å². The minimum absolute atomic E-state index is 0.698. The Labute approximate surface area is 225 Å². The van der Waals surface area contributed by atoms with Crippen LogP contribution < -0.4 is 0 Å². The number of furan rings is 1. The molecule has 0 N–H and O–H groups in total. The average molecular weight is 499 g/mol. The number of benzene rings is 6. The average Bonchev–Trinajstić information content (AvgIpc) is 3.41. The van der Waals surface area contributed by atoms with E-state index in [-0.39, 0.29) is 0 Å². The summed E-state index contributed by atoms with van der Waals surface area (Å²) in [4.78, 5) is 10.3. The van der Waals surface area contributed by atoms with Gasteiger partial charge in [-0.3, -0.25) is 0 Å². The molecule has 0 saturated carbocycles. The van der Waals surface area contributed by atoms with Crippen molar-refractivity contribution in [3.05, 3.63) is 133 Å². The van der Waals surface area contributed by atoms with Crippen LogP contribution in [0.2, 0.25) is 0 Å². The third-order valence-corrected chi connectivity index (χ3v) is 7.49. The highest BCUT2D eigenvalue weighted by Gasteiger charge is 2.18. The molecule has 2 heterocycles. The van der Waals surface area contributed by atoms with E-state index in [0.717, 1.165) is 60.4 Å². The van der Waals surface area contributed by atoms with Gasteiger partial charge in [0.05, 0.1) is 16.6 Å². The summed E-state index contributed by atoms with van der Waals surface area (Å²) in [5.74, 6) is 0.698. The number of hydrogen-bond donors (Lipinski definition) is 0. The highest BCUT2D eigenvalue weighted by atomic mass is 16.3. The Kier molecular flexibility index (Phi) is 4.82. The molecule has 0 spiro atoms. The van der Waals surface area contributed by atoms with E-state index < -0.39 is 0 Å². The molecular weight excluding hydrogens is 476 g/mol. The lowest BCUT2D eigenvalue weighted by Crippen LogP contribution is -1.95. The minimum Gasteiger partial charge on any atom is -0.455 e. The Balaban J connectivity index is 1.42. The molecule has 0 aliphatic carbocycles. The van der Waals surface area contributed by atoms with Crippen LogP contribution >= 0.6 is 0 Å². The second-order valence-corrected chi connectivity index (χ2v) is 9.81. The molecule has 0 fully saturated rings. The monoisotopic (exact) mass is 498 g/mol. The van der Waals surface area contributed by atoms with Gasteiger partial charge in [0.2, 0.25) is 0 Å². The van der Waals surface area contributed by atoms with Gasteiger partial charge < -0.3 is 4.42 Å². The quantitative estimate of drug-likeness (QED) is 0.243. The minimum atomic E-state index is 0.698. The van der Waals surface area contributed by atoms with Gasteiger partial charge in [-0.15, -0.1) is 0 Å². The molecule has 0 unspecified atom stereocenters. The second-order valence-electron chi connectivity index (χ2n) is 9.81. The molecule has 2 aromatic heterocycles. The number of aromatic nitrogens is 2. The van der Waals surface area contributed by atoms with Crippen LogP contribution in [-0.2, 0) is 0 Å². The largest absolute Gasteiger partial charge is 0.455 e. The maximum absolute atomic E-state index is 6.47. The van der Waals surface area contributed by atoms with Crippen LogP contribution in [0.5, 0.6) is 0 Å². The van der Waals surface area contributed by atoms with Crippen molar-refractivity contribution < 1.29 is 4.42 Å². The van der Waals surface area contributed by atoms with Crippen LogP contribution in [0.1, 0.15) is 0 Å². The van der Waals surface area contributed by atoms with E-state index in [1.54, 1.807) is 0 Å². The fourth-order valence-electron chi connectivity index (χ4n) is 5.57. The lowest BCUT2D eigenvalue weighted by Gasteiger charge is -2.11. The van der Waals surface area contributed by atoms with Gasteiger partial charge in [-0.1, -0.05) is 115 Å². The first kappa shape index (κ1) is 21.8. The van der Waals surface area contributed by atoms with Crippen molar-refractivity contribution in [2.75, 3.05) is 0 Å². The molecular formula is C36H22N2O. The summed E-state index contributed by atoms with van der Waals surface area (Å²) in [6.45, 7) is 0. The molecule has 0 atom stereocenters. The van der Waals surface area contributed by atoms with Crippen molar-refractivity contribution in [1.29, 1.82) is 0 Å². The van der Waals surface area contributed by atoms with E-state index in [1.807, 2.05) is 12.1 Å². The van der Waals surface area contributed by atoms with E-state index in [0.29, 0.717) is 5.82 Å². The van der Waals surface area contributed by atoms with E-state index in [4.69, 9.17) is 14.4 Å². The van der Waals surface area contributed by atoms with Crippen molar-refractivity contribution in [1.82, 2.24) is 9.97 Å². The zero-order chi connectivity index (χ0) is 25.8. The van der Waals surface area contributed by atoms with Gasteiger partial charge in [-0.2, -0.15) is 0 Å². The Hall–Kier alpha value is -5.28. The normalized spacial score (nSPS) is 11.6. The van der Waals surface area contributed by atoms with Gasteiger partial charge in [0, 0.05) is 27.3 Å². The fourth-order valence-corrected chi connectivity index (χ4v) is 5.57. The van der Waals surface area contributed by atoms with Crippen LogP contribution in [0.4, 0.5) is 0 Å². The molecule has 6 aromatic carbocycles. The second kappa shape index (κ2) is 8.64. The first-order valence-electron chi connectivity index (χ1n) is 13.1. The van der Waals surface area contributed by atoms with Crippen molar-refractivity contribution in [2.45, 2.75) is 0 Å². The Morgan fingerprint density at radius 3 is 1.87 bits per heavy atom. The van der Waals surface area contributed by atoms with E-state index in [2.05, 4.69) is 121 Å². The van der Waals surface area contributed by atoms with Crippen molar-refractivity contribution in [2.24, 2.45) is 0 Å². The third-order valence-electron chi connectivity index (χ3n) is 7.49. The number of fused-ring (bicyclic) bond motifs is 7. The summed E-state index contributed by atoms with van der Waals surface area (Å²) >= 11 is 0. The summed E-state index contributed by atoms with van der Waals surface area (Å²) in [6, 6.07) is 46.1. The molecule has 0 aliphatic rings. The van der Waals surface area contributed by atoms with Crippen LogP contribution in [0.25, 0.3) is 77.4 Å². The Morgan fingerprint density at radius 2 is 1.08 bits per heavy atom. The van der Waals surface area contributed by atoms with Crippen molar-refractivity contribution in [3.8, 4) is 33.8 Å². The fraction of sp³-hybridized carbons (Fsp3) is 0. The number of nitrogens with zero attached hydrogens (tertiary/aromatic N) is 2. The number of rotatable bonds is 3. The molecule has 0 radical (unpaired) electrons. The van der Waals surface area contributed by atoms with Crippen LogP contribution in [0.15, 0.2) is 138 Å². The summed E-state index contributed by atoms with van der Waals surface area (Å²) in [7, 11) is 0. The van der Waals surface area contributed by atoms with E-state index in [1.165, 1.54) is 11.1 Å². The predicted octanol–water partition coefficient (Wildman–Crippen LogP) is 9.68. The van der Waals surface area contributed by atoms with E-state index in [9.17, 15) is 0 Å². The SMILES string of the molecule is c1ccc(-c2ccc(-c3nc(-c4ccccc4)c4ccc5oc6c7ccccc7ccc6c5c4n3)cc2)cc1. The molecule has 8 rings (SSSR count). The first-order chi connectivity index (χ1) is 19.3. The predicted molar refractivity (Wildman–Crippen MR) is 161 cm³/mol. The molecule has 0 saturated heterocycles. The molecule has 8 aromatic rings. The summed E-state index contributed by atoms with van der Waals surface area (Å²) < 4.78 is 6.47. The molecule has 3 nitrogen and oxygen atoms in total. The maximum Gasteiger partial charge on any atom is 0.160 e. The standard InChI is InChI=1S/C36H22N2O/c1-3-9-23(10-4-1)24-15-17-27(18-16-24)36-37-33(26-12-5-2-6-13-26)30-21-22-31-32(34(30)38-36)29-20-19-25-11-7-8-14-28(25)35(29)39-31/h1-22H.